The Hall–Kier alpha value is -2.55. The van der Waals surface area contributed by atoms with Crippen LogP contribution in [0.2, 0.25) is 0 Å². The van der Waals surface area contributed by atoms with E-state index in [1.165, 1.54) is 12.4 Å². The van der Waals surface area contributed by atoms with Gasteiger partial charge in [0.25, 0.3) is 5.91 Å². The summed E-state index contributed by atoms with van der Waals surface area (Å²) in [5.41, 5.74) is 3.27. The molecule has 94 valence electrons. The largest absolute Gasteiger partial charge is 0.342 e. The zero-order valence-electron chi connectivity index (χ0n) is 9.58. The standard InChI is InChI=1S/C9H12N8O/c1-5(8-14-16-17-15-8)12-9(18)6-4-11-3-2-7(6)13-10/h2-5H,10H2,1H3,(H,11,13)(H,12,18)(H,14,15,16,17). The third kappa shape index (κ3) is 2.40. The average molecular weight is 248 g/mol. The molecule has 0 saturated heterocycles. The van der Waals surface area contributed by atoms with E-state index in [-0.39, 0.29) is 11.9 Å². The number of H-pyrrole nitrogens is 1. The maximum Gasteiger partial charge on any atom is 0.255 e. The van der Waals surface area contributed by atoms with Gasteiger partial charge in [0.2, 0.25) is 0 Å². The molecule has 0 aliphatic carbocycles. The first kappa shape index (κ1) is 11.9. The molecule has 0 bridgehead atoms. The Morgan fingerprint density at radius 1 is 1.56 bits per heavy atom. The quantitative estimate of drug-likeness (QED) is 0.418. The first-order valence-corrected chi connectivity index (χ1v) is 5.17. The van der Waals surface area contributed by atoms with Crippen LogP contribution in [0.3, 0.4) is 0 Å². The van der Waals surface area contributed by atoms with Gasteiger partial charge in [-0.1, -0.05) is 5.21 Å². The fourth-order valence-electron chi connectivity index (χ4n) is 1.39. The number of amides is 1. The second kappa shape index (κ2) is 5.19. The summed E-state index contributed by atoms with van der Waals surface area (Å²) in [6, 6.07) is 1.23. The Bertz CT molecular complexity index is 525. The van der Waals surface area contributed by atoms with Gasteiger partial charge in [-0.25, -0.2) is 0 Å². The number of anilines is 1. The lowest BCUT2D eigenvalue weighted by Crippen LogP contribution is -2.28. The first-order chi connectivity index (χ1) is 8.72. The number of hydrogen-bond donors (Lipinski definition) is 4. The van der Waals surface area contributed by atoms with Crippen LogP contribution in [0.4, 0.5) is 5.69 Å². The van der Waals surface area contributed by atoms with Gasteiger partial charge in [0.1, 0.15) is 0 Å². The third-order valence-electron chi connectivity index (χ3n) is 2.32. The van der Waals surface area contributed by atoms with Crippen LogP contribution < -0.4 is 16.6 Å². The van der Waals surface area contributed by atoms with Crippen LogP contribution in [0.5, 0.6) is 0 Å². The maximum atomic E-state index is 12.0. The molecule has 9 nitrogen and oxygen atoms in total. The molecular formula is C9H12N8O. The van der Waals surface area contributed by atoms with Gasteiger partial charge >= 0.3 is 0 Å². The van der Waals surface area contributed by atoms with E-state index in [0.29, 0.717) is 17.1 Å². The van der Waals surface area contributed by atoms with Crippen molar-refractivity contribution >= 4 is 11.6 Å². The number of hydrogen-bond acceptors (Lipinski definition) is 7. The SMILES string of the molecule is CC(NC(=O)c1cnccc1NN)c1nn[nH]n1. The van der Waals surface area contributed by atoms with Gasteiger partial charge in [-0.2, -0.15) is 5.21 Å². The molecule has 18 heavy (non-hydrogen) atoms. The molecule has 0 radical (unpaired) electrons. The van der Waals surface area contributed by atoms with Gasteiger partial charge in [0.15, 0.2) is 5.82 Å². The minimum absolute atomic E-state index is 0.326. The van der Waals surface area contributed by atoms with E-state index in [9.17, 15) is 4.79 Å². The highest BCUT2D eigenvalue weighted by atomic mass is 16.1. The molecule has 2 rings (SSSR count). The van der Waals surface area contributed by atoms with Crippen LogP contribution in [-0.4, -0.2) is 31.5 Å². The zero-order chi connectivity index (χ0) is 13.0. The number of tetrazole rings is 1. The number of aromatic nitrogens is 5. The van der Waals surface area contributed by atoms with E-state index in [1.807, 2.05) is 0 Å². The highest BCUT2D eigenvalue weighted by Crippen LogP contribution is 2.13. The van der Waals surface area contributed by atoms with E-state index < -0.39 is 0 Å². The van der Waals surface area contributed by atoms with Gasteiger partial charge in [-0.3, -0.25) is 15.6 Å². The van der Waals surface area contributed by atoms with Crippen molar-refractivity contribution in [2.45, 2.75) is 13.0 Å². The molecule has 0 aromatic carbocycles. The summed E-state index contributed by atoms with van der Waals surface area (Å²) in [5, 5.41) is 16.0. The molecule has 0 spiro atoms. The van der Waals surface area contributed by atoms with Gasteiger partial charge in [0.05, 0.1) is 17.3 Å². The fraction of sp³-hybridized carbons (Fsp3) is 0.222. The summed E-state index contributed by atoms with van der Waals surface area (Å²) < 4.78 is 0. The van der Waals surface area contributed by atoms with E-state index in [2.05, 4.69) is 36.4 Å². The molecule has 9 heteroatoms. The predicted octanol–water partition coefficient (Wildman–Crippen LogP) is -0.629. The molecule has 0 saturated carbocycles. The zero-order valence-corrected chi connectivity index (χ0v) is 9.58. The predicted molar refractivity (Wildman–Crippen MR) is 62.1 cm³/mol. The number of nitrogen functional groups attached to an aromatic ring is 1. The number of nitrogens with two attached hydrogens (primary N) is 1. The summed E-state index contributed by atoms with van der Waals surface area (Å²) >= 11 is 0. The monoisotopic (exact) mass is 248 g/mol. The first-order valence-electron chi connectivity index (χ1n) is 5.17. The van der Waals surface area contributed by atoms with Crippen molar-refractivity contribution in [3.05, 3.63) is 29.8 Å². The molecule has 2 heterocycles. The lowest BCUT2D eigenvalue weighted by atomic mass is 10.2. The maximum absolute atomic E-state index is 12.0. The van der Waals surface area contributed by atoms with Gasteiger partial charge in [0, 0.05) is 12.4 Å². The van der Waals surface area contributed by atoms with Crippen molar-refractivity contribution in [2.75, 3.05) is 5.43 Å². The minimum atomic E-state index is -0.373. The van der Waals surface area contributed by atoms with Crippen molar-refractivity contribution in [1.82, 2.24) is 30.9 Å². The van der Waals surface area contributed by atoms with Crippen LogP contribution in [-0.2, 0) is 0 Å². The topological polar surface area (TPSA) is 134 Å². The second-order valence-corrected chi connectivity index (χ2v) is 3.53. The summed E-state index contributed by atoms with van der Waals surface area (Å²) in [7, 11) is 0. The van der Waals surface area contributed by atoms with Gasteiger partial charge in [-0.15, -0.1) is 10.2 Å². The summed E-state index contributed by atoms with van der Waals surface area (Å²) in [5.74, 6) is 5.39. The minimum Gasteiger partial charge on any atom is -0.342 e. The fourth-order valence-corrected chi connectivity index (χ4v) is 1.39. The number of aromatic amines is 1. The van der Waals surface area contributed by atoms with Gasteiger partial charge < -0.3 is 10.7 Å². The number of nitrogens with zero attached hydrogens (tertiary/aromatic N) is 4. The highest BCUT2D eigenvalue weighted by molar-refractivity contribution is 5.99. The summed E-state index contributed by atoms with van der Waals surface area (Å²) in [6.45, 7) is 1.74. The number of carbonyl (C=O) groups is 1. The van der Waals surface area contributed by atoms with Crippen molar-refractivity contribution in [3.63, 3.8) is 0 Å². The van der Waals surface area contributed by atoms with Crippen LogP contribution in [0.15, 0.2) is 18.5 Å². The van der Waals surface area contributed by atoms with E-state index in [0.717, 1.165) is 0 Å². The molecule has 5 N–H and O–H groups in total. The number of nitrogens with one attached hydrogen (secondary N) is 3. The van der Waals surface area contributed by atoms with Crippen molar-refractivity contribution < 1.29 is 4.79 Å². The van der Waals surface area contributed by atoms with Crippen molar-refractivity contribution in [2.24, 2.45) is 5.84 Å². The number of rotatable bonds is 4. The molecule has 0 aliphatic heterocycles. The van der Waals surface area contributed by atoms with Crippen LogP contribution in [0.1, 0.15) is 29.1 Å². The van der Waals surface area contributed by atoms with Crippen molar-refractivity contribution in [1.29, 1.82) is 0 Å². The van der Waals surface area contributed by atoms with Crippen molar-refractivity contribution in [3.8, 4) is 0 Å². The molecule has 1 amide bonds. The molecule has 0 fully saturated rings. The Balaban J connectivity index is 2.12. The summed E-state index contributed by atoms with van der Waals surface area (Å²) in [4.78, 5) is 15.9. The lowest BCUT2D eigenvalue weighted by Gasteiger charge is -2.12. The number of hydrazine groups is 1. The highest BCUT2D eigenvalue weighted by Gasteiger charge is 2.17. The molecule has 2 aromatic rings. The van der Waals surface area contributed by atoms with E-state index in [4.69, 9.17) is 5.84 Å². The van der Waals surface area contributed by atoms with Crippen LogP contribution in [0, 0.1) is 0 Å². The molecule has 0 aliphatic rings. The van der Waals surface area contributed by atoms with Crippen LogP contribution in [0.25, 0.3) is 0 Å². The molecule has 2 aromatic heterocycles. The Labute approximate surface area is 102 Å². The normalized spacial score (nSPS) is 11.9. The lowest BCUT2D eigenvalue weighted by molar-refractivity contribution is 0.0938. The summed E-state index contributed by atoms with van der Waals surface area (Å²) in [6.07, 6.45) is 2.96. The smallest absolute Gasteiger partial charge is 0.255 e. The van der Waals surface area contributed by atoms with E-state index in [1.54, 1.807) is 13.0 Å². The molecule has 1 atom stereocenters. The van der Waals surface area contributed by atoms with E-state index >= 15 is 0 Å². The number of carbonyl (C=O) groups excluding carboxylic acids is 1. The molecular weight excluding hydrogens is 236 g/mol. The Morgan fingerprint density at radius 2 is 2.39 bits per heavy atom. The number of pyridine rings is 1. The Morgan fingerprint density at radius 3 is 3.06 bits per heavy atom. The average Bonchev–Trinajstić information content (AvgIpc) is 2.92. The van der Waals surface area contributed by atoms with Crippen LogP contribution >= 0.6 is 0 Å². The third-order valence-corrected chi connectivity index (χ3v) is 2.32. The Kier molecular flexibility index (Phi) is 3.44. The van der Waals surface area contributed by atoms with Gasteiger partial charge in [-0.05, 0) is 13.0 Å². The second-order valence-electron chi connectivity index (χ2n) is 3.53. The molecule has 1 unspecified atom stereocenters.